The summed E-state index contributed by atoms with van der Waals surface area (Å²) in [7, 11) is -3.47. The number of sulfonamides is 1. The number of halogens is 2. The summed E-state index contributed by atoms with van der Waals surface area (Å²) in [6.07, 6.45) is 2.64. The van der Waals surface area contributed by atoms with Gasteiger partial charge in [-0.1, -0.05) is 29.3 Å². The second-order valence-electron chi connectivity index (χ2n) is 4.66. The van der Waals surface area contributed by atoms with Crippen LogP contribution >= 0.6 is 23.2 Å². The molecule has 1 aliphatic heterocycles. The molecule has 1 heterocycles. The van der Waals surface area contributed by atoms with E-state index in [0.717, 1.165) is 0 Å². The molecule has 1 N–H and O–H groups in total. The summed E-state index contributed by atoms with van der Waals surface area (Å²) in [4.78, 5) is 1.53. The van der Waals surface area contributed by atoms with Gasteiger partial charge in [-0.05, 0) is 24.1 Å². The second-order valence-corrected chi connectivity index (χ2v) is 7.23. The predicted molar refractivity (Wildman–Crippen MR) is 77.8 cm³/mol. The molecule has 0 saturated carbocycles. The van der Waals surface area contributed by atoms with Crippen LogP contribution in [0, 0.1) is 11.5 Å². The van der Waals surface area contributed by atoms with E-state index in [9.17, 15) is 8.42 Å². The van der Waals surface area contributed by atoms with Gasteiger partial charge in [0.2, 0.25) is 10.0 Å². The van der Waals surface area contributed by atoms with Crippen molar-refractivity contribution >= 4 is 33.2 Å². The molecule has 108 valence electrons. The maximum Gasteiger partial charge on any atom is 0.216 e. The van der Waals surface area contributed by atoms with E-state index in [-0.39, 0.29) is 11.8 Å². The van der Waals surface area contributed by atoms with Crippen LogP contribution in [0.4, 0.5) is 0 Å². The van der Waals surface area contributed by atoms with Gasteiger partial charge in [-0.2, -0.15) is 5.26 Å². The standard InChI is InChI=1S/C12H13Cl2N3O2S/c13-11-2-1-9(5-12(11)14)7-20(18,19)16-10-3-4-17(6-10)8-15/h1-2,5,10,16H,3-4,6-7H2/t10-/m1/s1. The van der Waals surface area contributed by atoms with Gasteiger partial charge in [0.1, 0.15) is 0 Å². The summed E-state index contributed by atoms with van der Waals surface area (Å²) >= 11 is 11.6. The monoisotopic (exact) mass is 333 g/mol. The minimum Gasteiger partial charge on any atom is -0.309 e. The van der Waals surface area contributed by atoms with Crippen molar-refractivity contribution in [3.63, 3.8) is 0 Å². The summed E-state index contributed by atoms with van der Waals surface area (Å²) in [6.45, 7) is 0.994. The van der Waals surface area contributed by atoms with Gasteiger partial charge in [0, 0.05) is 19.1 Å². The van der Waals surface area contributed by atoms with Gasteiger partial charge in [0.25, 0.3) is 0 Å². The Morgan fingerprint density at radius 1 is 1.40 bits per heavy atom. The summed E-state index contributed by atoms with van der Waals surface area (Å²) in [5, 5.41) is 9.46. The maximum atomic E-state index is 12.1. The van der Waals surface area contributed by atoms with Crippen molar-refractivity contribution in [1.82, 2.24) is 9.62 Å². The van der Waals surface area contributed by atoms with Crippen molar-refractivity contribution in [3.05, 3.63) is 33.8 Å². The summed E-state index contributed by atoms with van der Waals surface area (Å²) in [5.74, 6) is -0.160. The summed E-state index contributed by atoms with van der Waals surface area (Å²) in [5.41, 5.74) is 0.571. The highest BCUT2D eigenvalue weighted by Crippen LogP contribution is 2.23. The van der Waals surface area contributed by atoms with Crippen LogP contribution in [0.25, 0.3) is 0 Å². The number of hydrogen-bond donors (Lipinski definition) is 1. The van der Waals surface area contributed by atoms with E-state index < -0.39 is 10.0 Å². The van der Waals surface area contributed by atoms with E-state index in [1.165, 1.54) is 4.90 Å². The van der Waals surface area contributed by atoms with Crippen molar-refractivity contribution in [2.24, 2.45) is 0 Å². The predicted octanol–water partition coefficient (Wildman–Crippen LogP) is 1.97. The molecule has 1 aliphatic rings. The molecular weight excluding hydrogens is 321 g/mol. The molecule has 0 unspecified atom stereocenters. The minimum absolute atomic E-state index is 0.160. The molecule has 1 fully saturated rings. The van der Waals surface area contributed by atoms with E-state index in [4.69, 9.17) is 28.5 Å². The van der Waals surface area contributed by atoms with E-state index in [0.29, 0.717) is 35.1 Å². The van der Waals surface area contributed by atoms with Crippen LogP contribution in [0.3, 0.4) is 0 Å². The lowest BCUT2D eigenvalue weighted by Gasteiger charge is -2.13. The molecule has 1 aromatic rings. The van der Waals surface area contributed by atoms with Gasteiger partial charge in [0.05, 0.1) is 15.8 Å². The highest BCUT2D eigenvalue weighted by molar-refractivity contribution is 7.88. The smallest absolute Gasteiger partial charge is 0.216 e. The first kappa shape index (κ1) is 15.4. The number of hydrogen-bond acceptors (Lipinski definition) is 4. The number of likely N-dealkylation sites (tertiary alicyclic amines) is 1. The van der Waals surface area contributed by atoms with Crippen molar-refractivity contribution < 1.29 is 8.42 Å². The Hall–Kier alpha value is -1.000. The van der Waals surface area contributed by atoms with Crippen LogP contribution in [0.1, 0.15) is 12.0 Å². The Morgan fingerprint density at radius 3 is 2.75 bits per heavy atom. The van der Waals surface area contributed by atoms with Gasteiger partial charge < -0.3 is 4.90 Å². The molecule has 0 aromatic heterocycles. The first-order chi connectivity index (χ1) is 9.39. The summed E-state index contributed by atoms with van der Waals surface area (Å²) in [6, 6.07) is 4.52. The Balaban J connectivity index is 2.01. The average Bonchev–Trinajstić information content (AvgIpc) is 2.80. The van der Waals surface area contributed by atoms with Gasteiger partial charge in [-0.15, -0.1) is 0 Å². The lowest BCUT2D eigenvalue weighted by atomic mass is 10.2. The van der Waals surface area contributed by atoms with Crippen LogP contribution in [-0.4, -0.2) is 32.4 Å². The zero-order valence-corrected chi connectivity index (χ0v) is 12.8. The number of rotatable bonds is 4. The molecule has 0 aliphatic carbocycles. The maximum absolute atomic E-state index is 12.1. The molecule has 20 heavy (non-hydrogen) atoms. The van der Waals surface area contributed by atoms with Crippen molar-refractivity contribution in [2.75, 3.05) is 13.1 Å². The highest BCUT2D eigenvalue weighted by Gasteiger charge is 2.25. The molecular formula is C12H13Cl2N3O2S. The Morgan fingerprint density at radius 2 is 2.15 bits per heavy atom. The number of nitriles is 1. The fourth-order valence-electron chi connectivity index (χ4n) is 2.09. The Bertz CT molecular complexity index is 643. The topological polar surface area (TPSA) is 73.2 Å². The van der Waals surface area contributed by atoms with Gasteiger partial charge in [-0.25, -0.2) is 13.1 Å². The first-order valence-electron chi connectivity index (χ1n) is 5.98. The zero-order chi connectivity index (χ0) is 14.8. The zero-order valence-electron chi connectivity index (χ0n) is 10.5. The van der Waals surface area contributed by atoms with Gasteiger partial charge in [-0.3, -0.25) is 0 Å². The Labute approximate surface area is 128 Å². The molecule has 0 bridgehead atoms. The average molecular weight is 334 g/mol. The van der Waals surface area contributed by atoms with Crippen LogP contribution in [0.5, 0.6) is 0 Å². The quantitative estimate of drug-likeness (QED) is 0.855. The van der Waals surface area contributed by atoms with Gasteiger partial charge in [0.15, 0.2) is 6.19 Å². The third kappa shape index (κ3) is 4.00. The van der Waals surface area contributed by atoms with Crippen molar-refractivity contribution in [1.29, 1.82) is 5.26 Å². The molecule has 5 nitrogen and oxygen atoms in total. The fourth-order valence-corrected chi connectivity index (χ4v) is 3.81. The van der Waals surface area contributed by atoms with Crippen LogP contribution in [-0.2, 0) is 15.8 Å². The number of nitrogens with one attached hydrogen (secondary N) is 1. The van der Waals surface area contributed by atoms with E-state index >= 15 is 0 Å². The first-order valence-corrected chi connectivity index (χ1v) is 8.39. The molecule has 0 spiro atoms. The molecule has 2 rings (SSSR count). The largest absolute Gasteiger partial charge is 0.309 e. The molecule has 1 atom stereocenters. The molecule has 0 radical (unpaired) electrons. The third-order valence-electron chi connectivity index (χ3n) is 3.02. The lowest BCUT2D eigenvalue weighted by molar-refractivity contribution is 0.470. The minimum atomic E-state index is -3.47. The number of nitrogens with zero attached hydrogens (tertiary/aromatic N) is 2. The van der Waals surface area contributed by atoms with E-state index in [1.54, 1.807) is 18.2 Å². The van der Waals surface area contributed by atoms with E-state index in [1.807, 2.05) is 6.19 Å². The highest BCUT2D eigenvalue weighted by atomic mass is 35.5. The molecule has 8 heteroatoms. The van der Waals surface area contributed by atoms with Crippen LogP contribution < -0.4 is 4.72 Å². The van der Waals surface area contributed by atoms with E-state index in [2.05, 4.69) is 4.72 Å². The lowest BCUT2D eigenvalue weighted by Crippen LogP contribution is -2.37. The SMILES string of the molecule is N#CN1CC[C@@H](NS(=O)(=O)Cc2ccc(Cl)c(Cl)c2)C1. The second kappa shape index (κ2) is 6.19. The molecule has 0 amide bonds. The number of benzene rings is 1. The third-order valence-corrected chi connectivity index (χ3v) is 5.16. The normalized spacial score (nSPS) is 19.1. The molecule has 1 aromatic carbocycles. The van der Waals surface area contributed by atoms with Crippen molar-refractivity contribution in [3.8, 4) is 6.19 Å². The van der Waals surface area contributed by atoms with Crippen LogP contribution in [0.15, 0.2) is 18.2 Å². The fraction of sp³-hybridized carbons (Fsp3) is 0.417. The molecule has 1 saturated heterocycles. The summed E-state index contributed by atoms with van der Waals surface area (Å²) < 4.78 is 26.7. The van der Waals surface area contributed by atoms with Gasteiger partial charge >= 0.3 is 0 Å². The van der Waals surface area contributed by atoms with Crippen LogP contribution in [0.2, 0.25) is 10.0 Å². The van der Waals surface area contributed by atoms with Crippen molar-refractivity contribution in [2.45, 2.75) is 18.2 Å². The Kier molecular flexibility index (Phi) is 4.76.